The van der Waals surface area contributed by atoms with Crippen molar-refractivity contribution >= 4 is 34.2 Å². The summed E-state index contributed by atoms with van der Waals surface area (Å²) in [7, 11) is 3.59. The zero-order valence-electron chi connectivity index (χ0n) is 18.4. The largest absolute Gasteiger partial charge is 0.384 e. The second kappa shape index (κ2) is 10.2. The van der Waals surface area contributed by atoms with Crippen molar-refractivity contribution in [1.82, 2.24) is 24.1 Å². The van der Waals surface area contributed by atoms with Crippen LogP contribution in [0.5, 0.6) is 0 Å². The second-order valence-corrected chi connectivity index (χ2v) is 8.45. The van der Waals surface area contributed by atoms with E-state index in [-0.39, 0.29) is 5.56 Å². The van der Waals surface area contributed by atoms with Crippen molar-refractivity contribution in [2.75, 3.05) is 0 Å². The number of benzene rings is 1. The van der Waals surface area contributed by atoms with Crippen LogP contribution >= 0.6 is 23.2 Å². The van der Waals surface area contributed by atoms with Gasteiger partial charge in [-0.25, -0.2) is 15.0 Å². The third kappa shape index (κ3) is 5.17. The molecule has 4 heterocycles. The highest BCUT2D eigenvalue weighted by molar-refractivity contribution is 6.30. The Labute approximate surface area is 205 Å². The highest BCUT2D eigenvalue weighted by Crippen LogP contribution is 2.30. The van der Waals surface area contributed by atoms with Gasteiger partial charge in [-0.15, -0.1) is 0 Å². The van der Waals surface area contributed by atoms with E-state index in [9.17, 15) is 9.90 Å². The van der Waals surface area contributed by atoms with Crippen LogP contribution in [0.25, 0.3) is 22.3 Å². The first-order valence-corrected chi connectivity index (χ1v) is 11.1. The molecule has 5 aromatic rings. The predicted molar refractivity (Wildman–Crippen MR) is 134 cm³/mol. The summed E-state index contributed by atoms with van der Waals surface area (Å²) in [4.78, 5) is 24.9. The van der Waals surface area contributed by atoms with Crippen LogP contribution in [0.4, 0.5) is 0 Å². The number of fused-ring (bicyclic) bond motifs is 1. The molecule has 0 radical (unpaired) electrons. The molecule has 0 aliphatic carbocycles. The molecule has 1 atom stereocenters. The third-order valence-corrected chi connectivity index (χ3v) is 5.69. The van der Waals surface area contributed by atoms with E-state index >= 15 is 0 Å². The smallest absolute Gasteiger partial charge is 0.252 e. The fourth-order valence-electron chi connectivity index (χ4n) is 3.42. The van der Waals surface area contributed by atoms with Gasteiger partial charge in [-0.1, -0.05) is 41.4 Å². The molecule has 0 aliphatic rings. The van der Waals surface area contributed by atoms with Crippen LogP contribution in [0, 0.1) is 0 Å². The van der Waals surface area contributed by atoms with Gasteiger partial charge in [-0.2, -0.15) is 0 Å². The maximum atomic E-state index is 12.4. The molecule has 1 N–H and O–H groups in total. The molecular formula is C25H21Cl2N5O2. The van der Waals surface area contributed by atoms with Gasteiger partial charge in [0.05, 0.1) is 12.0 Å². The summed E-state index contributed by atoms with van der Waals surface area (Å²) in [6, 6.07) is 15.5. The Morgan fingerprint density at radius 2 is 1.76 bits per heavy atom. The first kappa shape index (κ1) is 23.6. The van der Waals surface area contributed by atoms with Crippen molar-refractivity contribution in [1.29, 1.82) is 0 Å². The number of nitrogens with zero attached hydrogens (tertiary/aromatic N) is 5. The van der Waals surface area contributed by atoms with Crippen LogP contribution in [0.3, 0.4) is 0 Å². The minimum absolute atomic E-state index is 0.206. The molecule has 0 aliphatic heterocycles. The van der Waals surface area contributed by atoms with E-state index < -0.39 is 6.10 Å². The Morgan fingerprint density at radius 3 is 2.38 bits per heavy atom. The summed E-state index contributed by atoms with van der Waals surface area (Å²) in [6.45, 7) is 0. The van der Waals surface area contributed by atoms with Gasteiger partial charge in [0.1, 0.15) is 16.9 Å². The van der Waals surface area contributed by atoms with Crippen molar-refractivity contribution in [2.24, 2.45) is 14.1 Å². The van der Waals surface area contributed by atoms with E-state index in [4.69, 9.17) is 23.2 Å². The Morgan fingerprint density at radius 1 is 1.00 bits per heavy atom. The number of aliphatic hydroxyl groups excluding tert-OH is 1. The molecule has 172 valence electrons. The van der Waals surface area contributed by atoms with E-state index in [1.807, 2.05) is 23.9 Å². The van der Waals surface area contributed by atoms with Crippen LogP contribution in [-0.2, 0) is 14.1 Å². The van der Waals surface area contributed by atoms with Crippen molar-refractivity contribution < 1.29 is 5.11 Å². The van der Waals surface area contributed by atoms with Gasteiger partial charge in [-0.05, 0) is 35.9 Å². The SMILES string of the molecule is Cn1c(=O)cc(-c2cccc(Cl)n2)c2cc(C(O)c3ccc(Cl)cc3)cnc21.Cn1ccnc1. The summed E-state index contributed by atoms with van der Waals surface area (Å²) in [5.41, 5.74) is 2.75. The minimum atomic E-state index is -0.883. The highest BCUT2D eigenvalue weighted by Gasteiger charge is 2.16. The van der Waals surface area contributed by atoms with E-state index in [1.165, 1.54) is 10.6 Å². The quantitative estimate of drug-likeness (QED) is 0.364. The van der Waals surface area contributed by atoms with Crippen molar-refractivity contribution in [3.63, 3.8) is 0 Å². The van der Waals surface area contributed by atoms with Crippen molar-refractivity contribution in [2.45, 2.75) is 6.10 Å². The lowest BCUT2D eigenvalue weighted by atomic mass is 10.00. The molecule has 9 heteroatoms. The number of aromatic nitrogens is 5. The first-order valence-electron chi connectivity index (χ1n) is 10.3. The first-order chi connectivity index (χ1) is 16.3. The fourth-order valence-corrected chi connectivity index (χ4v) is 3.71. The molecule has 1 aromatic carbocycles. The topological polar surface area (TPSA) is 85.8 Å². The standard InChI is InChI=1S/C21H15Cl2N3O2.C4H6N2/c1-26-19(27)10-15(17-3-2-4-18(23)25-17)16-9-13(11-24-21(16)26)20(28)12-5-7-14(22)8-6-12;1-6-3-2-5-4-6/h2-11,20,28H,1H3;2-4H,1H3. The normalized spacial score (nSPS) is 11.7. The number of rotatable bonds is 3. The summed E-state index contributed by atoms with van der Waals surface area (Å²) in [6.07, 6.45) is 6.07. The fraction of sp³-hybridized carbons (Fsp3) is 0.120. The molecule has 5 rings (SSSR count). The number of pyridine rings is 3. The molecule has 1 unspecified atom stereocenters. The average Bonchev–Trinajstić information content (AvgIpc) is 3.32. The number of imidazole rings is 1. The van der Waals surface area contributed by atoms with E-state index in [0.717, 1.165) is 0 Å². The summed E-state index contributed by atoms with van der Waals surface area (Å²) < 4.78 is 3.35. The molecule has 0 saturated carbocycles. The zero-order chi connectivity index (χ0) is 24.2. The molecule has 34 heavy (non-hydrogen) atoms. The number of halogens is 2. The minimum Gasteiger partial charge on any atom is -0.384 e. The van der Waals surface area contributed by atoms with Crippen LogP contribution in [0.15, 0.2) is 84.3 Å². The van der Waals surface area contributed by atoms with Gasteiger partial charge in [0.2, 0.25) is 0 Å². The highest BCUT2D eigenvalue weighted by atomic mass is 35.5. The zero-order valence-corrected chi connectivity index (χ0v) is 19.9. The number of aliphatic hydroxyl groups is 1. The lowest BCUT2D eigenvalue weighted by molar-refractivity contribution is 0.220. The van der Waals surface area contributed by atoms with Crippen LogP contribution in [-0.4, -0.2) is 29.2 Å². The Bertz CT molecular complexity index is 1480. The number of hydrogen-bond donors (Lipinski definition) is 1. The Hall–Kier alpha value is -3.52. The summed E-state index contributed by atoms with van der Waals surface area (Å²) >= 11 is 12.0. The molecule has 0 fully saturated rings. The van der Waals surface area contributed by atoms with Crippen molar-refractivity contribution in [3.05, 3.63) is 111 Å². The maximum Gasteiger partial charge on any atom is 0.252 e. The summed E-state index contributed by atoms with van der Waals surface area (Å²) in [5.74, 6) is 0. The molecule has 4 aromatic heterocycles. The van der Waals surface area contributed by atoms with Gasteiger partial charge in [0, 0.05) is 60.3 Å². The molecule has 0 saturated heterocycles. The Kier molecular flexibility index (Phi) is 7.07. The lowest BCUT2D eigenvalue weighted by Gasteiger charge is -2.15. The van der Waals surface area contributed by atoms with Gasteiger partial charge < -0.3 is 9.67 Å². The maximum absolute atomic E-state index is 12.4. The third-order valence-electron chi connectivity index (χ3n) is 5.22. The van der Waals surface area contributed by atoms with Crippen LogP contribution in [0.1, 0.15) is 17.2 Å². The Balaban J connectivity index is 0.000000398. The van der Waals surface area contributed by atoms with Gasteiger partial charge in [0.15, 0.2) is 0 Å². The molecule has 0 bridgehead atoms. The molecular weight excluding hydrogens is 473 g/mol. The van der Waals surface area contributed by atoms with E-state index in [2.05, 4.69) is 15.0 Å². The van der Waals surface area contributed by atoms with Crippen molar-refractivity contribution in [3.8, 4) is 11.3 Å². The lowest BCUT2D eigenvalue weighted by Crippen LogP contribution is -2.17. The molecule has 7 nitrogen and oxygen atoms in total. The van der Waals surface area contributed by atoms with Gasteiger partial charge in [0.25, 0.3) is 5.56 Å². The van der Waals surface area contributed by atoms with Gasteiger partial charge in [-0.3, -0.25) is 9.36 Å². The predicted octanol–water partition coefficient (Wildman–Crippen LogP) is 4.80. The van der Waals surface area contributed by atoms with E-state index in [0.29, 0.717) is 43.6 Å². The average molecular weight is 494 g/mol. The van der Waals surface area contributed by atoms with E-state index in [1.54, 1.807) is 68.2 Å². The summed E-state index contributed by atoms with van der Waals surface area (Å²) in [5, 5.41) is 12.4. The number of hydrogen-bond acceptors (Lipinski definition) is 5. The van der Waals surface area contributed by atoms with Crippen LogP contribution in [0.2, 0.25) is 10.2 Å². The monoisotopic (exact) mass is 493 g/mol. The van der Waals surface area contributed by atoms with Crippen LogP contribution < -0.4 is 5.56 Å². The second-order valence-electron chi connectivity index (χ2n) is 7.62. The van der Waals surface area contributed by atoms with Gasteiger partial charge >= 0.3 is 0 Å². The number of aryl methyl sites for hydroxylation is 2. The molecule has 0 amide bonds. The molecule has 0 spiro atoms.